The normalized spacial score (nSPS) is 17.3. The molecule has 1 aliphatic rings. The zero-order chi connectivity index (χ0) is 12.4. The zero-order valence-corrected chi connectivity index (χ0v) is 13.1. The summed E-state index contributed by atoms with van der Waals surface area (Å²) in [4.78, 5) is 2.14. The molecule has 1 nitrogen and oxygen atoms in total. The van der Waals surface area contributed by atoms with Crippen LogP contribution in [0.1, 0.15) is 6.92 Å². The van der Waals surface area contributed by atoms with Crippen LogP contribution in [0.2, 0.25) is 0 Å². The molecule has 2 aromatic carbocycles. The van der Waals surface area contributed by atoms with Crippen LogP contribution in [0.25, 0.3) is 11.1 Å². The second-order valence-electron chi connectivity index (χ2n) is 4.59. The average Bonchev–Trinajstić information content (AvgIpc) is 2.87. The molecule has 1 unspecified atom stereocenters. The smallest absolute Gasteiger partial charge is 0 e. The Bertz CT molecular complexity index is 562. The second-order valence-corrected chi connectivity index (χ2v) is 4.59. The summed E-state index contributed by atoms with van der Waals surface area (Å²) in [7, 11) is 0. The van der Waals surface area contributed by atoms with E-state index in [0.717, 1.165) is 5.69 Å². The Balaban J connectivity index is 0.00000133. The van der Waals surface area contributed by atoms with E-state index in [1.54, 1.807) is 0 Å². The second kappa shape index (κ2) is 6.18. The minimum atomic E-state index is 0. The van der Waals surface area contributed by atoms with Gasteiger partial charge in [-0.15, -0.1) is 23.2 Å². The SMILES string of the molecule is CC1C=CN(c2[c-]ccc(-c3ccccc3)c2)[CH-]1.[Ir]. The van der Waals surface area contributed by atoms with Crippen molar-refractivity contribution >= 4 is 5.69 Å². The van der Waals surface area contributed by atoms with Crippen LogP contribution in [-0.2, 0) is 20.1 Å². The molecule has 1 heterocycles. The molecular weight excluding hydrogens is 410 g/mol. The molecule has 1 aliphatic heterocycles. The van der Waals surface area contributed by atoms with Gasteiger partial charge in [0.05, 0.1) is 0 Å². The molecular formula is C17H15IrN-2. The van der Waals surface area contributed by atoms with Gasteiger partial charge in [0.15, 0.2) is 0 Å². The topological polar surface area (TPSA) is 3.24 Å². The Kier molecular flexibility index (Phi) is 4.57. The molecule has 0 amide bonds. The molecule has 0 bridgehead atoms. The van der Waals surface area contributed by atoms with Gasteiger partial charge in [-0.3, -0.25) is 0 Å². The van der Waals surface area contributed by atoms with Crippen LogP contribution >= 0.6 is 0 Å². The Morgan fingerprint density at radius 2 is 1.89 bits per heavy atom. The first-order chi connectivity index (χ1) is 8.83. The molecule has 2 heteroatoms. The van der Waals surface area contributed by atoms with Gasteiger partial charge in [-0.25, -0.2) is 6.54 Å². The first-order valence-electron chi connectivity index (χ1n) is 6.22. The molecule has 2 aromatic rings. The van der Waals surface area contributed by atoms with Crippen LogP contribution in [0, 0.1) is 18.5 Å². The summed E-state index contributed by atoms with van der Waals surface area (Å²) in [5, 5.41) is 0. The predicted octanol–water partition coefficient (Wildman–Crippen LogP) is 4.28. The first kappa shape index (κ1) is 14.0. The minimum absolute atomic E-state index is 0. The van der Waals surface area contributed by atoms with Crippen LogP contribution in [0.15, 0.2) is 60.8 Å². The molecule has 3 rings (SSSR count). The maximum Gasteiger partial charge on any atom is 0 e. The number of rotatable bonds is 2. The van der Waals surface area contributed by atoms with Crippen LogP contribution in [0.5, 0.6) is 0 Å². The number of hydrogen-bond donors (Lipinski definition) is 0. The predicted molar refractivity (Wildman–Crippen MR) is 75.8 cm³/mol. The van der Waals surface area contributed by atoms with Crippen molar-refractivity contribution in [3.63, 3.8) is 0 Å². The monoisotopic (exact) mass is 426 g/mol. The Morgan fingerprint density at radius 1 is 1.11 bits per heavy atom. The van der Waals surface area contributed by atoms with Crippen LogP contribution in [0.4, 0.5) is 5.69 Å². The summed E-state index contributed by atoms with van der Waals surface area (Å²) >= 11 is 0. The van der Waals surface area contributed by atoms with E-state index in [9.17, 15) is 0 Å². The summed E-state index contributed by atoms with van der Waals surface area (Å²) in [6.45, 7) is 4.37. The number of anilines is 1. The molecule has 99 valence electrons. The van der Waals surface area contributed by atoms with E-state index in [1.807, 2.05) is 12.1 Å². The molecule has 0 aliphatic carbocycles. The average molecular weight is 426 g/mol. The van der Waals surface area contributed by atoms with Gasteiger partial charge in [0.1, 0.15) is 0 Å². The molecule has 0 saturated heterocycles. The summed E-state index contributed by atoms with van der Waals surface area (Å²) in [5.41, 5.74) is 3.56. The summed E-state index contributed by atoms with van der Waals surface area (Å²) in [6.07, 6.45) is 4.29. The Hall–Kier alpha value is -1.37. The fraction of sp³-hybridized carbons (Fsp3) is 0.118. The van der Waals surface area contributed by atoms with E-state index >= 15 is 0 Å². The van der Waals surface area contributed by atoms with E-state index in [1.165, 1.54) is 11.1 Å². The van der Waals surface area contributed by atoms with E-state index in [4.69, 9.17) is 0 Å². The van der Waals surface area contributed by atoms with Gasteiger partial charge in [0.25, 0.3) is 0 Å². The quantitative estimate of drug-likeness (QED) is 0.649. The minimum Gasteiger partial charge on any atom is -0.520 e. The molecule has 1 atom stereocenters. The van der Waals surface area contributed by atoms with Crippen molar-refractivity contribution in [2.24, 2.45) is 5.92 Å². The van der Waals surface area contributed by atoms with E-state index in [-0.39, 0.29) is 20.1 Å². The molecule has 0 spiro atoms. The summed E-state index contributed by atoms with van der Waals surface area (Å²) in [5.74, 6) is 0.499. The van der Waals surface area contributed by atoms with Crippen molar-refractivity contribution in [1.29, 1.82) is 0 Å². The van der Waals surface area contributed by atoms with E-state index in [0.29, 0.717) is 5.92 Å². The fourth-order valence-corrected chi connectivity index (χ4v) is 2.15. The van der Waals surface area contributed by atoms with E-state index < -0.39 is 0 Å². The van der Waals surface area contributed by atoms with Gasteiger partial charge in [0, 0.05) is 20.1 Å². The van der Waals surface area contributed by atoms with Crippen molar-refractivity contribution in [3.8, 4) is 11.1 Å². The van der Waals surface area contributed by atoms with Crippen molar-refractivity contribution in [2.75, 3.05) is 4.90 Å². The van der Waals surface area contributed by atoms with Crippen LogP contribution in [0.3, 0.4) is 0 Å². The largest absolute Gasteiger partial charge is 0.520 e. The third-order valence-electron chi connectivity index (χ3n) is 3.12. The number of hydrogen-bond acceptors (Lipinski definition) is 1. The molecule has 1 radical (unpaired) electrons. The van der Waals surface area contributed by atoms with Gasteiger partial charge in [-0.1, -0.05) is 43.3 Å². The maximum absolute atomic E-state index is 3.28. The van der Waals surface area contributed by atoms with Gasteiger partial charge < -0.3 is 4.90 Å². The van der Waals surface area contributed by atoms with E-state index in [2.05, 4.69) is 73.1 Å². The molecule has 0 N–H and O–H groups in total. The maximum atomic E-state index is 3.28. The standard InChI is InChI=1S/C17H15N.Ir/c1-14-10-11-18(13-14)17-9-5-8-16(12-17)15-6-3-2-4-7-15;/h2-8,10-14H,1H3;/q-2;. The molecule has 0 fully saturated rings. The molecule has 19 heavy (non-hydrogen) atoms. The van der Waals surface area contributed by atoms with Gasteiger partial charge >= 0.3 is 0 Å². The summed E-state index contributed by atoms with van der Waals surface area (Å²) in [6, 6.07) is 20.0. The van der Waals surface area contributed by atoms with Gasteiger partial charge in [0.2, 0.25) is 0 Å². The van der Waals surface area contributed by atoms with Crippen molar-refractivity contribution < 1.29 is 20.1 Å². The van der Waals surface area contributed by atoms with Gasteiger partial charge in [-0.2, -0.15) is 18.2 Å². The third-order valence-corrected chi connectivity index (χ3v) is 3.12. The molecule has 0 saturated carbocycles. The van der Waals surface area contributed by atoms with Crippen molar-refractivity contribution in [3.05, 3.63) is 73.4 Å². The van der Waals surface area contributed by atoms with Crippen LogP contribution in [-0.4, -0.2) is 0 Å². The first-order valence-corrected chi connectivity index (χ1v) is 6.22. The Morgan fingerprint density at radius 3 is 2.58 bits per heavy atom. The van der Waals surface area contributed by atoms with Crippen LogP contribution < -0.4 is 4.90 Å². The molecule has 0 aromatic heterocycles. The zero-order valence-electron chi connectivity index (χ0n) is 10.7. The van der Waals surface area contributed by atoms with Gasteiger partial charge in [-0.05, 0) is 11.8 Å². The van der Waals surface area contributed by atoms with Crippen molar-refractivity contribution in [2.45, 2.75) is 6.92 Å². The Labute approximate surface area is 128 Å². The number of benzene rings is 2. The fourth-order valence-electron chi connectivity index (χ4n) is 2.15. The summed E-state index contributed by atoms with van der Waals surface area (Å²) < 4.78 is 0. The van der Waals surface area contributed by atoms with Crippen molar-refractivity contribution in [1.82, 2.24) is 0 Å². The third kappa shape index (κ3) is 3.15. The number of nitrogens with zero attached hydrogens (tertiary/aromatic N) is 1.